The molecule has 4 heterocycles. The SMILES string of the molecule is O=c1c(-c2ccc(F)cc2)c(-c2ccnc(Oc3ccccc3)n2)n2n1CC(N1CCCC1)C2. The first-order valence-corrected chi connectivity index (χ1v) is 11.6. The fourth-order valence-electron chi connectivity index (χ4n) is 5.01. The van der Waals surface area contributed by atoms with E-state index in [1.807, 2.05) is 35.0 Å². The molecule has 2 aliphatic rings. The van der Waals surface area contributed by atoms with Crippen LogP contribution in [0.2, 0.25) is 0 Å². The molecule has 1 unspecified atom stereocenters. The van der Waals surface area contributed by atoms with Crippen LogP contribution in [0.15, 0.2) is 71.7 Å². The Bertz CT molecular complexity index is 1370. The number of hydrogen-bond donors (Lipinski definition) is 0. The van der Waals surface area contributed by atoms with Crippen LogP contribution in [0, 0.1) is 5.82 Å². The number of para-hydroxylation sites is 1. The second-order valence-corrected chi connectivity index (χ2v) is 8.74. The average molecular weight is 458 g/mol. The summed E-state index contributed by atoms with van der Waals surface area (Å²) in [5.74, 6) is 0.290. The number of rotatable bonds is 5. The molecule has 0 spiro atoms. The standard InChI is InChI=1S/C26H24FN5O2/c27-19-10-8-18(9-11-19)23-24(22-12-13-28-26(29-22)34-21-6-2-1-3-7-21)31-16-20(17-32(31)25(23)33)30-14-4-5-15-30/h1-3,6-13,20H,4-5,14-17H2. The van der Waals surface area contributed by atoms with Gasteiger partial charge in [0.25, 0.3) is 5.56 Å². The molecule has 2 aliphatic heterocycles. The zero-order valence-corrected chi connectivity index (χ0v) is 18.6. The number of halogens is 1. The molecular formula is C26H24FN5O2. The zero-order chi connectivity index (χ0) is 23.1. The van der Waals surface area contributed by atoms with Crippen LogP contribution in [0.3, 0.4) is 0 Å². The first kappa shape index (κ1) is 20.8. The summed E-state index contributed by atoms with van der Waals surface area (Å²) in [7, 11) is 0. The molecule has 0 saturated carbocycles. The summed E-state index contributed by atoms with van der Waals surface area (Å²) in [4.78, 5) is 25.0. The summed E-state index contributed by atoms with van der Waals surface area (Å²) >= 11 is 0. The van der Waals surface area contributed by atoms with Crippen molar-refractivity contribution < 1.29 is 9.13 Å². The normalized spacial score (nSPS) is 17.7. The lowest BCUT2D eigenvalue weighted by atomic mass is 10.0. The topological polar surface area (TPSA) is 65.2 Å². The van der Waals surface area contributed by atoms with Crippen molar-refractivity contribution >= 4 is 0 Å². The zero-order valence-electron chi connectivity index (χ0n) is 18.6. The van der Waals surface area contributed by atoms with E-state index in [9.17, 15) is 9.18 Å². The Morgan fingerprint density at radius 1 is 0.912 bits per heavy atom. The van der Waals surface area contributed by atoms with Crippen LogP contribution in [-0.2, 0) is 13.1 Å². The van der Waals surface area contributed by atoms with E-state index in [1.54, 1.807) is 29.1 Å². The summed E-state index contributed by atoms with van der Waals surface area (Å²) in [6.07, 6.45) is 4.02. The van der Waals surface area contributed by atoms with Crippen molar-refractivity contribution in [1.82, 2.24) is 24.2 Å². The number of likely N-dealkylation sites (tertiary alicyclic amines) is 1. The van der Waals surface area contributed by atoms with E-state index < -0.39 is 0 Å². The van der Waals surface area contributed by atoms with Gasteiger partial charge < -0.3 is 4.74 Å². The van der Waals surface area contributed by atoms with Gasteiger partial charge in [0, 0.05) is 12.2 Å². The van der Waals surface area contributed by atoms with Gasteiger partial charge in [-0.25, -0.2) is 14.1 Å². The molecule has 7 nitrogen and oxygen atoms in total. The smallest absolute Gasteiger partial charge is 0.322 e. The molecule has 1 atom stereocenters. The van der Waals surface area contributed by atoms with Gasteiger partial charge in [0.15, 0.2) is 0 Å². The minimum Gasteiger partial charge on any atom is -0.424 e. The predicted octanol–water partition coefficient (Wildman–Crippen LogP) is 4.18. The number of aromatic nitrogens is 4. The minimum atomic E-state index is -0.341. The van der Waals surface area contributed by atoms with E-state index in [0.717, 1.165) is 13.1 Å². The van der Waals surface area contributed by atoms with Gasteiger partial charge in [0.05, 0.1) is 30.0 Å². The van der Waals surface area contributed by atoms with Gasteiger partial charge in [-0.3, -0.25) is 14.4 Å². The van der Waals surface area contributed by atoms with Crippen LogP contribution < -0.4 is 10.3 Å². The Balaban J connectivity index is 1.46. The Kier molecular flexibility index (Phi) is 5.22. The molecular weight excluding hydrogens is 433 g/mol. The van der Waals surface area contributed by atoms with Crippen LogP contribution >= 0.6 is 0 Å². The van der Waals surface area contributed by atoms with E-state index in [1.165, 1.54) is 25.0 Å². The van der Waals surface area contributed by atoms with E-state index in [-0.39, 0.29) is 23.4 Å². The maximum Gasteiger partial charge on any atom is 0.322 e. The highest BCUT2D eigenvalue weighted by molar-refractivity contribution is 5.79. The van der Waals surface area contributed by atoms with E-state index >= 15 is 0 Å². The van der Waals surface area contributed by atoms with Gasteiger partial charge in [-0.2, -0.15) is 4.98 Å². The maximum absolute atomic E-state index is 13.6. The summed E-state index contributed by atoms with van der Waals surface area (Å²) in [6.45, 7) is 3.45. The summed E-state index contributed by atoms with van der Waals surface area (Å²) in [5.41, 5.74) is 2.39. The lowest BCUT2D eigenvalue weighted by Crippen LogP contribution is -2.35. The van der Waals surface area contributed by atoms with Crippen LogP contribution in [0.4, 0.5) is 4.39 Å². The third-order valence-corrected chi connectivity index (χ3v) is 6.62. The third kappa shape index (κ3) is 3.70. The number of fused-ring (bicyclic) bond motifs is 1. The largest absolute Gasteiger partial charge is 0.424 e. The molecule has 172 valence electrons. The lowest BCUT2D eigenvalue weighted by molar-refractivity contribution is 0.234. The Hall–Kier alpha value is -3.78. The molecule has 8 heteroatoms. The quantitative estimate of drug-likeness (QED) is 0.450. The molecule has 6 rings (SSSR count). The first-order chi connectivity index (χ1) is 16.7. The van der Waals surface area contributed by atoms with Gasteiger partial charge >= 0.3 is 6.01 Å². The second-order valence-electron chi connectivity index (χ2n) is 8.74. The summed E-state index contributed by atoms with van der Waals surface area (Å²) in [6, 6.07) is 17.7. The highest BCUT2D eigenvalue weighted by Crippen LogP contribution is 2.33. The third-order valence-electron chi connectivity index (χ3n) is 6.62. The molecule has 1 fully saturated rings. The Morgan fingerprint density at radius 2 is 1.65 bits per heavy atom. The van der Waals surface area contributed by atoms with Crippen molar-refractivity contribution in [3.05, 3.63) is 83.0 Å². The Morgan fingerprint density at radius 3 is 2.41 bits per heavy atom. The summed E-state index contributed by atoms with van der Waals surface area (Å²) in [5, 5.41) is 0. The second kappa shape index (κ2) is 8.53. The van der Waals surface area contributed by atoms with Crippen molar-refractivity contribution in [2.24, 2.45) is 0 Å². The van der Waals surface area contributed by atoms with Gasteiger partial charge in [-0.15, -0.1) is 0 Å². The molecule has 1 saturated heterocycles. The molecule has 34 heavy (non-hydrogen) atoms. The molecule has 0 radical (unpaired) electrons. The molecule has 2 aromatic carbocycles. The molecule has 4 aromatic rings. The minimum absolute atomic E-state index is 0.0903. The number of benzene rings is 2. The summed E-state index contributed by atoms with van der Waals surface area (Å²) < 4.78 is 23.3. The van der Waals surface area contributed by atoms with Gasteiger partial charge in [-0.05, 0) is 61.8 Å². The molecule has 0 aliphatic carbocycles. The van der Waals surface area contributed by atoms with E-state index in [0.29, 0.717) is 41.4 Å². The Labute approximate surface area is 196 Å². The van der Waals surface area contributed by atoms with Crippen LogP contribution in [0.1, 0.15) is 12.8 Å². The van der Waals surface area contributed by atoms with Gasteiger partial charge in [0.1, 0.15) is 11.6 Å². The van der Waals surface area contributed by atoms with Crippen LogP contribution in [0.5, 0.6) is 11.8 Å². The van der Waals surface area contributed by atoms with Crippen molar-refractivity contribution in [3.8, 4) is 34.3 Å². The van der Waals surface area contributed by atoms with Crippen molar-refractivity contribution in [3.63, 3.8) is 0 Å². The average Bonchev–Trinajstić information content (AvgIpc) is 3.58. The fraction of sp³-hybridized carbons (Fsp3) is 0.269. The highest BCUT2D eigenvalue weighted by Gasteiger charge is 2.34. The molecule has 0 bridgehead atoms. The number of nitrogens with zero attached hydrogens (tertiary/aromatic N) is 5. The van der Waals surface area contributed by atoms with Crippen LogP contribution in [0.25, 0.3) is 22.5 Å². The first-order valence-electron chi connectivity index (χ1n) is 11.6. The van der Waals surface area contributed by atoms with Crippen molar-refractivity contribution in [1.29, 1.82) is 0 Å². The molecule has 2 aromatic heterocycles. The van der Waals surface area contributed by atoms with Gasteiger partial charge in [0.2, 0.25) is 0 Å². The fourth-order valence-corrected chi connectivity index (χ4v) is 5.01. The molecule has 0 amide bonds. The number of hydrogen-bond acceptors (Lipinski definition) is 5. The predicted molar refractivity (Wildman–Crippen MR) is 126 cm³/mol. The number of ether oxygens (including phenoxy) is 1. The monoisotopic (exact) mass is 457 g/mol. The van der Waals surface area contributed by atoms with E-state index in [2.05, 4.69) is 14.9 Å². The van der Waals surface area contributed by atoms with E-state index in [4.69, 9.17) is 4.74 Å². The lowest BCUT2D eigenvalue weighted by Gasteiger charge is -2.22. The van der Waals surface area contributed by atoms with Crippen LogP contribution in [-0.4, -0.2) is 43.4 Å². The highest BCUT2D eigenvalue weighted by atomic mass is 19.1. The molecule has 0 N–H and O–H groups in total. The van der Waals surface area contributed by atoms with Crippen molar-refractivity contribution in [2.75, 3.05) is 13.1 Å². The van der Waals surface area contributed by atoms with Crippen molar-refractivity contribution in [2.45, 2.75) is 32.0 Å². The maximum atomic E-state index is 13.6. The van der Waals surface area contributed by atoms with Gasteiger partial charge in [-0.1, -0.05) is 30.3 Å².